The van der Waals surface area contributed by atoms with Crippen molar-refractivity contribution in [3.63, 3.8) is 0 Å². The van der Waals surface area contributed by atoms with Gasteiger partial charge in [-0.15, -0.1) is 0 Å². The van der Waals surface area contributed by atoms with Gasteiger partial charge in [-0.1, -0.05) is 65.7 Å². The molecule has 9 heteroatoms. The number of hydrogen-bond donors (Lipinski definition) is 1. The van der Waals surface area contributed by atoms with E-state index in [1.54, 1.807) is 50.4 Å². The molecule has 0 aliphatic carbocycles. The molecule has 0 fully saturated rings. The fraction of sp³-hybridized carbons (Fsp3) is 0.174. The van der Waals surface area contributed by atoms with E-state index in [2.05, 4.69) is 5.32 Å². The number of benzene rings is 3. The van der Waals surface area contributed by atoms with Crippen LogP contribution in [0.3, 0.4) is 0 Å². The Morgan fingerprint density at radius 1 is 1.00 bits per heavy atom. The molecule has 0 heterocycles. The number of methoxy groups -OCH3 is 1. The van der Waals surface area contributed by atoms with Crippen LogP contribution in [0.25, 0.3) is 0 Å². The molecule has 3 aromatic rings. The molecule has 0 unspecified atom stereocenters. The van der Waals surface area contributed by atoms with Gasteiger partial charge in [-0.3, -0.25) is 9.10 Å². The summed E-state index contributed by atoms with van der Waals surface area (Å²) >= 11 is 12.4. The lowest BCUT2D eigenvalue weighted by molar-refractivity contribution is -0.120. The molecule has 168 valence electrons. The Balaban J connectivity index is 1.94. The van der Waals surface area contributed by atoms with Crippen molar-refractivity contribution in [1.82, 2.24) is 5.32 Å². The van der Waals surface area contributed by atoms with Crippen LogP contribution in [-0.4, -0.2) is 28.0 Å². The van der Waals surface area contributed by atoms with E-state index >= 15 is 0 Å². The van der Waals surface area contributed by atoms with Gasteiger partial charge in [-0.25, -0.2) is 8.42 Å². The second-order valence-corrected chi connectivity index (χ2v) is 9.58. The molecule has 3 rings (SSSR count). The Morgan fingerprint density at radius 3 is 2.34 bits per heavy atom. The van der Waals surface area contributed by atoms with Crippen LogP contribution in [0, 0.1) is 0 Å². The first-order valence-electron chi connectivity index (χ1n) is 9.69. The normalized spacial score (nSPS) is 12.1. The number of sulfonamides is 1. The lowest BCUT2D eigenvalue weighted by atomic mass is 10.1. The minimum atomic E-state index is -4.10. The second-order valence-electron chi connectivity index (χ2n) is 6.93. The number of halogens is 2. The number of amides is 1. The van der Waals surface area contributed by atoms with Crippen molar-refractivity contribution < 1.29 is 17.9 Å². The van der Waals surface area contributed by atoms with E-state index in [4.69, 9.17) is 27.9 Å². The molecule has 0 aromatic heterocycles. The summed E-state index contributed by atoms with van der Waals surface area (Å²) in [5, 5.41) is 3.05. The highest BCUT2D eigenvalue weighted by atomic mass is 35.5. The van der Waals surface area contributed by atoms with Crippen LogP contribution in [0.1, 0.15) is 18.5 Å². The van der Waals surface area contributed by atoms with Crippen LogP contribution in [0.2, 0.25) is 10.0 Å². The predicted molar refractivity (Wildman–Crippen MR) is 127 cm³/mol. The average Bonchev–Trinajstić information content (AvgIpc) is 2.80. The first kappa shape index (κ1) is 23.9. The Bertz CT molecular complexity index is 1200. The SMILES string of the molecule is COc1ccccc1[C@@H](C)NC(=O)CN(c1cccc(Cl)c1Cl)S(=O)(=O)c1ccccc1. The molecular weight excluding hydrogens is 471 g/mol. The van der Waals surface area contributed by atoms with Crippen molar-refractivity contribution in [1.29, 1.82) is 0 Å². The lowest BCUT2D eigenvalue weighted by Crippen LogP contribution is -2.41. The molecule has 0 saturated heterocycles. The highest BCUT2D eigenvalue weighted by Gasteiger charge is 2.29. The summed E-state index contributed by atoms with van der Waals surface area (Å²) in [6.45, 7) is 1.30. The zero-order chi connectivity index (χ0) is 23.3. The van der Waals surface area contributed by atoms with Gasteiger partial charge in [0, 0.05) is 5.56 Å². The van der Waals surface area contributed by atoms with Crippen LogP contribution in [0.4, 0.5) is 5.69 Å². The topological polar surface area (TPSA) is 75.7 Å². The summed E-state index contributed by atoms with van der Waals surface area (Å²) in [5.74, 6) is 0.103. The molecule has 1 atom stereocenters. The highest BCUT2D eigenvalue weighted by Crippen LogP contribution is 2.35. The molecule has 0 aliphatic rings. The third-order valence-corrected chi connectivity index (χ3v) is 7.38. The van der Waals surface area contributed by atoms with Gasteiger partial charge in [0.25, 0.3) is 10.0 Å². The van der Waals surface area contributed by atoms with E-state index in [-0.39, 0.29) is 20.6 Å². The van der Waals surface area contributed by atoms with Gasteiger partial charge >= 0.3 is 0 Å². The van der Waals surface area contributed by atoms with Crippen LogP contribution < -0.4 is 14.4 Å². The molecule has 0 aliphatic heterocycles. The summed E-state index contributed by atoms with van der Waals surface area (Å²) in [6, 6.07) is 19.3. The number of nitrogens with zero attached hydrogens (tertiary/aromatic N) is 1. The number of hydrogen-bond acceptors (Lipinski definition) is 4. The van der Waals surface area contributed by atoms with Gasteiger partial charge in [0.15, 0.2) is 0 Å². The summed E-state index contributed by atoms with van der Waals surface area (Å²) in [4.78, 5) is 13.0. The minimum absolute atomic E-state index is 0.0293. The van der Waals surface area contributed by atoms with E-state index in [0.717, 1.165) is 9.87 Å². The Labute approximate surface area is 197 Å². The van der Waals surface area contributed by atoms with Gasteiger partial charge in [0.05, 0.1) is 33.8 Å². The van der Waals surface area contributed by atoms with Gasteiger partial charge < -0.3 is 10.1 Å². The first-order chi connectivity index (χ1) is 15.3. The Hall–Kier alpha value is -2.74. The van der Waals surface area contributed by atoms with Gasteiger partial charge in [0.2, 0.25) is 5.91 Å². The molecule has 3 aromatic carbocycles. The van der Waals surface area contributed by atoms with Gasteiger partial charge in [-0.05, 0) is 37.3 Å². The quantitative estimate of drug-likeness (QED) is 0.475. The Morgan fingerprint density at radius 2 is 1.66 bits per heavy atom. The number of nitrogens with one attached hydrogen (secondary N) is 1. The predicted octanol–water partition coefficient (Wildman–Crippen LogP) is 5.07. The van der Waals surface area contributed by atoms with Crippen LogP contribution >= 0.6 is 23.2 Å². The van der Waals surface area contributed by atoms with Crippen LogP contribution in [0.5, 0.6) is 5.75 Å². The monoisotopic (exact) mass is 492 g/mol. The minimum Gasteiger partial charge on any atom is -0.496 e. The molecule has 0 saturated carbocycles. The van der Waals surface area contributed by atoms with Crippen LogP contribution in [-0.2, 0) is 14.8 Å². The molecule has 0 bridgehead atoms. The van der Waals surface area contributed by atoms with Gasteiger partial charge in [0.1, 0.15) is 12.3 Å². The van der Waals surface area contributed by atoms with Crippen molar-refractivity contribution in [3.8, 4) is 5.75 Å². The second kappa shape index (κ2) is 10.3. The van der Waals surface area contributed by atoms with Crippen molar-refractivity contribution in [2.75, 3.05) is 18.0 Å². The molecule has 6 nitrogen and oxygen atoms in total. The summed E-state index contributed by atoms with van der Waals surface area (Å²) < 4.78 is 33.1. The van der Waals surface area contributed by atoms with E-state index in [1.165, 1.54) is 18.2 Å². The van der Waals surface area contributed by atoms with E-state index < -0.39 is 28.5 Å². The van der Waals surface area contributed by atoms with E-state index in [1.807, 2.05) is 18.2 Å². The number of carbonyl (C=O) groups excluding carboxylic acids is 1. The molecule has 0 radical (unpaired) electrons. The maximum Gasteiger partial charge on any atom is 0.264 e. The molecule has 1 N–H and O–H groups in total. The number of ether oxygens (including phenoxy) is 1. The Kier molecular flexibility index (Phi) is 7.66. The number of para-hydroxylation sites is 1. The van der Waals surface area contributed by atoms with Crippen LogP contribution in [0.15, 0.2) is 77.7 Å². The lowest BCUT2D eigenvalue weighted by Gasteiger charge is -2.26. The fourth-order valence-electron chi connectivity index (χ4n) is 3.22. The molecule has 0 spiro atoms. The molecular formula is C23H22Cl2N2O4S. The summed E-state index contributed by atoms with van der Waals surface area (Å²) in [5.41, 5.74) is 0.879. The van der Waals surface area contributed by atoms with E-state index in [9.17, 15) is 13.2 Å². The zero-order valence-electron chi connectivity index (χ0n) is 17.5. The van der Waals surface area contributed by atoms with Crippen molar-refractivity contribution >= 4 is 44.8 Å². The maximum absolute atomic E-state index is 13.4. The molecule has 1 amide bonds. The zero-order valence-corrected chi connectivity index (χ0v) is 19.8. The van der Waals surface area contributed by atoms with Crippen molar-refractivity contribution in [3.05, 3.63) is 88.4 Å². The average molecular weight is 493 g/mol. The summed E-state index contributed by atoms with van der Waals surface area (Å²) in [7, 11) is -2.55. The first-order valence-corrected chi connectivity index (χ1v) is 11.9. The standard InChI is InChI=1S/C23H22Cl2N2O4S/c1-16(18-11-6-7-14-21(18)31-2)26-22(28)15-27(20-13-8-12-19(24)23(20)25)32(29,30)17-9-4-3-5-10-17/h3-14,16H,15H2,1-2H3,(H,26,28)/t16-/m1/s1. The largest absolute Gasteiger partial charge is 0.496 e. The van der Waals surface area contributed by atoms with Crippen molar-refractivity contribution in [2.45, 2.75) is 17.9 Å². The maximum atomic E-state index is 13.4. The molecule has 32 heavy (non-hydrogen) atoms. The number of carbonyl (C=O) groups is 1. The fourth-order valence-corrected chi connectivity index (χ4v) is 5.13. The summed E-state index contributed by atoms with van der Waals surface area (Å²) in [6.07, 6.45) is 0. The highest BCUT2D eigenvalue weighted by molar-refractivity contribution is 7.92. The third kappa shape index (κ3) is 5.18. The van der Waals surface area contributed by atoms with Crippen molar-refractivity contribution in [2.24, 2.45) is 0 Å². The van der Waals surface area contributed by atoms with Gasteiger partial charge in [-0.2, -0.15) is 0 Å². The third-order valence-electron chi connectivity index (χ3n) is 4.80. The number of anilines is 1. The smallest absolute Gasteiger partial charge is 0.264 e. The number of rotatable bonds is 8. The van der Waals surface area contributed by atoms with E-state index in [0.29, 0.717) is 5.75 Å².